The Balaban J connectivity index is 1.51. The van der Waals surface area contributed by atoms with E-state index in [9.17, 15) is 9.59 Å². The van der Waals surface area contributed by atoms with Gasteiger partial charge in [-0.2, -0.15) is 0 Å². The third kappa shape index (κ3) is 3.42. The predicted molar refractivity (Wildman–Crippen MR) is 104 cm³/mol. The lowest BCUT2D eigenvalue weighted by Gasteiger charge is -2.38. The number of hydrogen-bond donors (Lipinski definition) is 1. The normalized spacial score (nSPS) is 18.4. The zero-order chi connectivity index (χ0) is 18.9. The van der Waals surface area contributed by atoms with E-state index in [1.54, 1.807) is 7.11 Å². The summed E-state index contributed by atoms with van der Waals surface area (Å²) in [7, 11) is 1.65. The van der Waals surface area contributed by atoms with Crippen molar-refractivity contribution < 1.29 is 14.3 Å². The number of methoxy groups -OCH3 is 1. The van der Waals surface area contributed by atoms with E-state index in [4.69, 9.17) is 4.74 Å². The van der Waals surface area contributed by atoms with Crippen LogP contribution in [0.15, 0.2) is 48.5 Å². The van der Waals surface area contributed by atoms with Gasteiger partial charge >= 0.3 is 0 Å². The van der Waals surface area contributed by atoms with Gasteiger partial charge in [0.25, 0.3) is 5.91 Å². The van der Waals surface area contributed by atoms with Crippen LogP contribution in [0.5, 0.6) is 5.75 Å². The first-order chi connectivity index (χ1) is 13.1. The van der Waals surface area contributed by atoms with Crippen LogP contribution in [0, 0.1) is 5.41 Å². The molecule has 1 N–H and O–H groups in total. The van der Waals surface area contributed by atoms with Crippen molar-refractivity contribution >= 4 is 11.8 Å². The molecule has 0 atom stereocenters. The van der Waals surface area contributed by atoms with Crippen molar-refractivity contribution in [3.05, 3.63) is 54.1 Å². The molecular formula is C22H24N2O3. The van der Waals surface area contributed by atoms with Gasteiger partial charge in [0.15, 0.2) is 0 Å². The number of likely N-dealkylation sites (tertiary alicyclic amines) is 1. The summed E-state index contributed by atoms with van der Waals surface area (Å²) in [5.74, 6) is 0.985. The first-order valence-corrected chi connectivity index (χ1v) is 9.40. The number of piperidine rings is 1. The number of rotatable bonds is 3. The summed E-state index contributed by atoms with van der Waals surface area (Å²) in [6.07, 6.45) is 2.35. The summed E-state index contributed by atoms with van der Waals surface area (Å²) in [5.41, 5.74) is 2.68. The van der Waals surface area contributed by atoms with Gasteiger partial charge in [-0.3, -0.25) is 9.59 Å². The molecule has 2 aromatic rings. The minimum atomic E-state index is 0.0487. The maximum Gasteiger partial charge on any atom is 0.253 e. The molecule has 2 aromatic carbocycles. The summed E-state index contributed by atoms with van der Waals surface area (Å²) in [4.78, 5) is 26.5. The molecule has 4 rings (SSSR count). The van der Waals surface area contributed by atoms with Gasteiger partial charge in [0.2, 0.25) is 5.91 Å². The fourth-order valence-electron chi connectivity index (χ4n) is 4.17. The highest BCUT2D eigenvalue weighted by molar-refractivity contribution is 5.95. The Morgan fingerprint density at radius 3 is 2.59 bits per heavy atom. The van der Waals surface area contributed by atoms with Gasteiger partial charge in [-0.1, -0.05) is 30.3 Å². The van der Waals surface area contributed by atoms with Crippen molar-refractivity contribution in [3.63, 3.8) is 0 Å². The summed E-state index contributed by atoms with van der Waals surface area (Å²) >= 11 is 0. The van der Waals surface area contributed by atoms with Crippen LogP contribution in [0.25, 0.3) is 11.1 Å². The molecule has 2 aliphatic rings. The van der Waals surface area contributed by atoms with E-state index in [1.165, 1.54) is 0 Å². The van der Waals surface area contributed by atoms with Gasteiger partial charge in [-0.25, -0.2) is 0 Å². The Bertz CT molecular complexity index is 869. The van der Waals surface area contributed by atoms with Crippen LogP contribution in [-0.4, -0.2) is 43.5 Å². The Morgan fingerprint density at radius 2 is 1.89 bits per heavy atom. The van der Waals surface area contributed by atoms with E-state index in [1.807, 2.05) is 53.4 Å². The zero-order valence-electron chi connectivity index (χ0n) is 15.5. The number of para-hydroxylation sites is 1. The largest absolute Gasteiger partial charge is 0.496 e. The molecule has 0 unspecified atom stereocenters. The second-order valence-electron chi connectivity index (χ2n) is 7.53. The first-order valence-electron chi connectivity index (χ1n) is 9.40. The van der Waals surface area contributed by atoms with Gasteiger partial charge in [-0.15, -0.1) is 0 Å². The van der Waals surface area contributed by atoms with Crippen LogP contribution in [0.4, 0.5) is 0 Å². The number of carbonyl (C=O) groups is 2. The highest BCUT2D eigenvalue weighted by atomic mass is 16.5. The molecule has 0 aliphatic carbocycles. The predicted octanol–water partition coefficient (Wildman–Crippen LogP) is 3.10. The van der Waals surface area contributed by atoms with Crippen LogP contribution in [-0.2, 0) is 4.79 Å². The van der Waals surface area contributed by atoms with Gasteiger partial charge < -0.3 is 15.0 Å². The van der Waals surface area contributed by atoms with Crippen molar-refractivity contribution in [2.24, 2.45) is 5.41 Å². The van der Waals surface area contributed by atoms with Crippen molar-refractivity contribution in [2.75, 3.05) is 26.7 Å². The van der Waals surface area contributed by atoms with Gasteiger partial charge in [0.05, 0.1) is 7.11 Å². The number of carbonyl (C=O) groups excluding carboxylic acids is 2. The number of nitrogens with zero attached hydrogens (tertiary/aromatic N) is 1. The number of hydrogen-bond acceptors (Lipinski definition) is 3. The van der Waals surface area contributed by atoms with Gasteiger partial charge in [0, 0.05) is 37.2 Å². The zero-order valence-corrected chi connectivity index (χ0v) is 15.5. The molecule has 140 valence electrons. The quantitative estimate of drug-likeness (QED) is 0.910. The highest BCUT2D eigenvalue weighted by Gasteiger charge is 2.41. The van der Waals surface area contributed by atoms with Crippen molar-refractivity contribution in [3.8, 4) is 16.9 Å². The number of amides is 2. The second-order valence-corrected chi connectivity index (χ2v) is 7.53. The summed E-state index contributed by atoms with van der Waals surface area (Å²) in [6, 6.07) is 15.5. The van der Waals surface area contributed by atoms with Crippen molar-refractivity contribution in [1.29, 1.82) is 0 Å². The smallest absolute Gasteiger partial charge is 0.253 e. The summed E-state index contributed by atoms with van der Waals surface area (Å²) < 4.78 is 5.45. The van der Waals surface area contributed by atoms with Crippen molar-refractivity contribution in [1.82, 2.24) is 10.2 Å². The Labute approximate surface area is 159 Å². The molecule has 0 saturated carbocycles. The molecule has 0 aromatic heterocycles. The lowest BCUT2D eigenvalue weighted by atomic mass is 9.77. The lowest BCUT2D eigenvalue weighted by Crippen LogP contribution is -2.44. The SMILES string of the molecule is COc1ccccc1-c1cccc(C(=O)N2CCC3(CC2)CNC(=O)C3)c1. The third-order valence-corrected chi connectivity index (χ3v) is 5.83. The lowest BCUT2D eigenvalue weighted by molar-refractivity contribution is -0.119. The number of ether oxygens (including phenoxy) is 1. The van der Waals surface area contributed by atoms with Crippen LogP contribution in [0.2, 0.25) is 0 Å². The molecule has 0 bridgehead atoms. The van der Waals surface area contributed by atoms with E-state index in [0.29, 0.717) is 25.1 Å². The molecule has 5 heteroatoms. The average Bonchev–Trinajstić information content (AvgIpc) is 3.08. The van der Waals surface area contributed by atoms with E-state index in [2.05, 4.69) is 5.32 Å². The van der Waals surface area contributed by atoms with E-state index >= 15 is 0 Å². The molecule has 2 heterocycles. The first kappa shape index (κ1) is 17.6. The molecule has 5 nitrogen and oxygen atoms in total. The average molecular weight is 364 g/mol. The Hall–Kier alpha value is -2.82. The molecule has 2 fully saturated rings. The fraction of sp³-hybridized carbons (Fsp3) is 0.364. The second kappa shape index (κ2) is 7.06. The van der Waals surface area contributed by atoms with Gasteiger partial charge in [0.1, 0.15) is 5.75 Å². The summed E-state index contributed by atoms with van der Waals surface area (Å²) in [6.45, 7) is 2.15. The van der Waals surface area contributed by atoms with Crippen LogP contribution < -0.4 is 10.1 Å². The topological polar surface area (TPSA) is 58.6 Å². The standard InChI is InChI=1S/C22H24N2O3/c1-27-19-8-3-2-7-18(19)16-5-4-6-17(13-16)21(26)24-11-9-22(10-12-24)14-20(25)23-15-22/h2-8,13H,9-12,14-15H2,1H3,(H,23,25). The molecule has 27 heavy (non-hydrogen) atoms. The molecule has 2 saturated heterocycles. The molecule has 1 spiro atoms. The maximum absolute atomic E-state index is 13.0. The minimum absolute atomic E-state index is 0.0487. The fourth-order valence-corrected chi connectivity index (χ4v) is 4.17. The molecule has 0 radical (unpaired) electrons. The molecule has 2 aliphatic heterocycles. The van der Waals surface area contributed by atoms with Crippen LogP contribution >= 0.6 is 0 Å². The number of benzene rings is 2. The highest BCUT2D eigenvalue weighted by Crippen LogP contribution is 2.38. The van der Waals surface area contributed by atoms with Crippen LogP contribution in [0.1, 0.15) is 29.6 Å². The number of nitrogens with one attached hydrogen (secondary N) is 1. The molecule has 2 amide bonds. The summed E-state index contributed by atoms with van der Waals surface area (Å²) in [5, 5.41) is 2.94. The Kier molecular flexibility index (Phi) is 4.60. The Morgan fingerprint density at radius 1 is 1.11 bits per heavy atom. The van der Waals surface area contributed by atoms with E-state index in [-0.39, 0.29) is 17.2 Å². The van der Waals surface area contributed by atoms with Gasteiger partial charge in [-0.05, 0) is 42.0 Å². The van der Waals surface area contributed by atoms with E-state index in [0.717, 1.165) is 36.3 Å². The molecular weight excluding hydrogens is 340 g/mol. The van der Waals surface area contributed by atoms with Crippen LogP contribution in [0.3, 0.4) is 0 Å². The van der Waals surface area contributed by atoms with Crippen molar-refractivity contribution in [2.45, 2.75) is 19.3 Å². The van der Waals surface area contributed by atoms with E-state index < -0.39 is 0 Å². The minimum Gasteiger partial charge on any atom is -0.496 e. The maximum atomic E-state index is 13.0. The third-order valence-electron chi connectivity index (χ3n) is 5.83. The monoisotopic (exact) mass is 364 g/mol.